The van der Waals surface area contributed by atoms with Gasteiger partial charge in [-0.3, -0.25) is 4.79 Å². The lowest BCUT2D eigenvalue weighted by Gasteiger charge is -2.09. The first-order chi connectivity index (χ1) is 15.5. The van der Waals surface area contributed by atoms with Gasteiger partial charge in [0.25, 0.3) is 11.1 Å². The molecular formula is C23H17ClN2O4S2. The lowest BCUT2D eigenvalue weighted by Crippen LogP contribution is -2.14. The SMILES string of the molecule is CCOC(=O)c1c(-c2ccc(Cl)cc2)csc1NC(=O)c1ccc(Oc2nccs2)cc1. The van der Waals surface area contributed by atoms with Crippen LogP contribution in [0, 0.1) is 0 Å². The van der Waals surface area contributed by atoms with Gasteiger partial charge in [0.05, 0.1) is 6.61 Å². The van der Waals surface area contributed by atoms with Crippen molar-refractivity contribution in [3.8, 4) is 22.1 Å². The predicted molar refractivity (Wildman–Crippen MR) is 127 cm³/mol. The number of hydrogen-bond donors (Lipinski definition) is 1. The van der Waals surface area contributed by atoms with Gasteiger partial charge in [-0.2, -0.15) is 0 Å². The van der Waals surface area contributed by atoms with Gasteiger partial charge in [-0.15, -0.1) is 11.3 Å². The fraction of sp³-hybridized carbons (Fsp3) is 0.0870. The Hall–Kier alpha value is -3.20. The van der Waals surface area contributed by atoms with E-state index in [1.165, 1.54) is 22.7 Å². The van der Waals surface area contributed by atoms with Crippen molar-refractivity contribution >= 4 is 51.2 Å². The van der Waals surface area contributed by atoms with Gasteiger partial charge in [0.2, 0.25) is 0 Å². The Labute approximate surface area is 197 Å². The molecule has 1 amide bonds. The normalized spacial score (nSPS) is 10.6. The van der Waals surface area contributed by atoms with E-state index >= 15 is 0 Å². The molecule has 0 atom stereocenters. The second-order valence-electron chi connectivity index (χ2n) is 6.46. The van der Waals surface area contributed by atoms with E-state index in [9.17, 15) is 9.59 Å². The third-order valence-electron chi connectivity index (χ3n) is 4.38. The third kappa shape index (κ3) is 4.99. The molecule has 0 saturated carbocycles. The highest BCUT2D eigenvalue weighted by atomic mass is 35.5. The first kappa shape index (κ1) is 22.0. The fourth-order valence-electron chi connectivity index (χ4n) is 2.91. The zero-order valence-corrected chi connectivity index (χ0v) is 19.2. The summed E-state index contributed by atoms with van der Waals surface area (Å²) >= 11 is 8.62. The number of esters is 1. The number of rotatable bonds is 7. The van der Waals surface area contributed by atoms with Crippen molar-refractivity contribution in [1.29, 1.82) is 0 Å². The molecule has 4 aromatic rings. The van der Waals surface area contributed by atoms with Gasteiger partial charge < -0.3 is 14.8 Å². The minimum absolute atomic E-state index is 0.225. The van der Waals surface area contributed by atoms with E-state index in [1.54, 1.807) is 49.5 Å². The van der Waals surface area contributed by atoms with Crippen LogP contribution in [-0.2, 0) is 4.74 Å². The van der Waals surface area contributed by atoms with Crippen molar-refractivity contribution in [2.75, 3.05) is 11.9 Å². The summed E-state index contributed by atoms with van der Waals surface area (Å²) in [4.78, 5) is 29.6. The first-order valence-corrected chi connectivity index (χ1v) is 11.7. The third-order valence-corrected chi connectivity index (χ3v) is 6.18. The van der Waals surface area contributed by atoms with Crippen LogP contribution in [-0.4, -0.2) is 23.5 Å². The zero-order chi connectivity index (χ0) is 22.5. The summed E-state index contributed by atoms with van der Waals surface area (Å²) in [5, 5.41) is 8.00. The number of thiazole rings is 1. The smallest absolute Gasteiger partial charge is 0.341 e. The lowest BCUT2D eigenvalue weighted by atomic mass is 10.0. The molecule has 1 N–H and O–H groups in total. The van der Waals surface area contributed by atoms with Gasteiger partial charge in [0.1, 0.15) is 16.3 Å². The summed E-state index contributed by atoms with van der Waals surface area (Å²) in [6.45, 7) is 1.96. The standard InChI is InChI=1S/C23H17ClN2O4S2/c1-2-29-22(28)19-18(14-3-7-16(24)8-4-14)13-32-21(19)26-20(27)15-5-9-17(10-6-15)30-23-25-11-12-31-23/h3-13H,2H2,1H3,(H,26,27). The van der Waals surface area contributed by atoms with Gasteiger partial charge in [-0.25, -0.2) is 9.78 Å². The molecule has 4 rings (SSSR count). The number of thiophene rings is 1. The van der Waals surface area contributed by atoms with Crippen LogP contribution < -0.4 is 10.1 Å². The average molecular weight is 485 g/mol. The number of carbonyl (C=O) groups is 2. The van der Waals surface area contributed by atoms with Crippen LogP contribution in [0.1, 0.15) is 27.6 Å². The summed E-state index contributed by atoms with van der Waals surface area (Å²) in [5.74, 6) is -0.271. The van der Waals surface area contributed by atoms with E-state index in [0.717, 1.165) is 5.56 Å². The molecule has 0 aliphatic heterocycles. The molecule has 9 heteroatoms. The summed E-state index contributed by atoms with van der Waals surface area (Å²) in [7, 11) is 0. The summed E-state index contributed by atoms with van der Waals surface area (Å²) in [6.07, 6.45) is 1.66. The second-order valence-corrected chi connectivity index (χ2v) is 8.63. The van der Waals surface area contributed by atoms with E-state index in [2.05, 4.69) is 10.3 Å². The van der Waals surface area contributed by atoms with Crippen LogP contribution in [0.2, 0.25) is 5.02 Å². The Kier molecular flexibility index (Phi) is 6.84. The number of nitrogens with one attached hydrogen (secondary N) is 1. The Balaban J connectivity index is 1.57. The monoisotopic (exact) mass is 484 g/mol. The van der Waals surface area contributed by atoms with E-state index in [4.69, 9.17) is 21.1 Å². The molecule has 0 spiro atoms. The lowest BCUT2D eigenvalue weighted by molar-refractivity contribution is 0.0529. The minimum Gasteiger partial charge on any atom is -0.462 e. The van der Waals surface area contributed by atoms with Crippen molar-refractivity contribution in [1.82, 2.24) is 4.98 Å². The number of carbonyl (C=O) groups excluding carboxylic acids is 2. The summed E-state index contributed by atoms with van der Waals surface area (Å²) in [5.41, 5.74) is 2.22. The molecule has 6 nitrogen and oxygen atoms in total. The number of hydrogen-bond acceptors (Lipinski definition) is 7. The molecule has 0 unspecified atom stereocenters. The fourth-order valence-corrected chi connectivity index (χ4v) is 4.49. The van der Waals surface area contributed by atoms with E-state index in [1.807, 2.05) is 22.9 Å². The molecule has 162 valence electrons. The highest BCUT2D eigenvalue weighted by Crippen LogP contribution is 2.37. The summed E-state index contributed by atoms with van der Waals surface area (Å²) in [6, 6.07) is 13.8. The molecule has 0 radical (unpaired) electrons. The molecular weight excluding hydrogens is 468 g/mol. The average Bonchev–Trinajstić information content (AvgIpc) is 3.45. The highest BCUT2D eigenvalue weighted by Gasteiger charge is 2.23. The zero-order valence-electron chi connectivity index (χ0n) is 16.8. The van der Waals surface area contributed by atoms with Gasteiger partial charge in [0, 0.05) is 33.1 Å². The van der Waals surface area contributed by atoms with Crippen LogP contribution >= 0.6 is 34.3 Å². The van der Waals surface area contributed by atoms with Crippen LogP contribution in [0.5, 0.6) is 10.9 Å². The second kappa shape index (κ2) is 9.95. The molecule has 0 fully saturated rings. The van der Waals surface area contributed by atoms with E-state index < -0.39 is 5.97 Å². The van der Waals surface area contributed by atoms with E-state index in [-0.39, 0.29) is 12.5 Å². The number of amides is 1. The topological polar surface area (TPSA) is 77.5 Å². The predicted octanol–water partition coefficient (Wildman–Crippen LogP) is 6.75. The van der Waals surface area contributed by atoms with Crippen molar-refractivity contribution in [2.24, 2.45) is 0 Å². The number of ether oxygens (including phenoxy) is 2. The van der Waals surface area contributed by atoms with Gasteiger partial charge in [-0.1, -0.05) is 35.1 Å². The molecule has 0 saturated heterocycles. The van der Waals surface area contributed by atoms with Gasteiger partial charge >= 0.3 is 5.97 Å². The van der Waals surface area contributed by atoms with Crippen LogP contribution in [0.15, 0.2) is 65.5 Å². The van der Waals surface area contributed by atoms with Crippen LogP contribution in [0.25, 0.3) is 11.1 Å². The quantitative estimate of drug-likeness (QED) is 0.294. The molecule has 0 aliphatic carbocycles. The van der Waals surface area contributed by atoms with E-state index in [0.29, 0.717) is 37.7 Å². The molecule has 2 aromatic heterocycles. The number of benzene rings is 2. The van der Waals surface area contributed by atoms with Crippen LogP contribution in [0.4, 0.5) is 5.00 Å². The molecule has 0 aliphatic rings. The number of nitrogens with zero attached hydrogens (tertiary/aromatic N) is 1. The Morgan fingerprint density at radius 1 is 1.06 bits per heavy atom. The maximum Gasteiger partial charge on any atom is 0.341 e. The Bertz CT molecular complexity index is 1220. The molecule has 2 aromatic carbocycles. The first-order valence-electron chi connectivity index (χ1n) is 9.58. The highest BCUT2D eigenvalue weighted by molar-refractivity contribution is 7.15. The number of aromatic nitrogens is 1. The maximum atomic E-state index is 12.8. The van der Waals surface area contributed by atoms with Crippen LogP contribution in [0.3, 0.4) is 0 Å². The molecule has 0 bridgehead atoms. The van der Waals surface area contributed by atoms with Crippen molar-refractivity contribution < 1.29 is 19.1 Å². The molecule has 32 heavy (non-hydrogen) atoms. The van der Waals surface area contributed by atoms with Gasteiger partial charge in [-0.05, 0) is 48.9 Å². The minimum atomic E-state index is -0.499. The maximum absolute atomic E-state index is 12.8. The largest absolute Gasteiger partial charge is 0.462 e. The number of anilines is 1. The van der Waals surface area contributed by atoms with Gasteiger partial charge in [0.15, 0.2) is 0 Å². The molecule has 2 heterocycles. The number of halogens is 1. The Morgan fingerprint density at radius 3 is 2.47 bits per heavy atom. The Morgan fingerprint density at radius 2 is 1.81 bits per heavy atom. The van der Waals surface area contributed by atoms with Crippen molar-refractivity contribution in [2.45, 2.75) is 6.92 Å². The van der Waals surface area contributed by atoms with Crippen molar-refractivity contribution in [3.05, 3.63) is 81.6 Å². The van der Waals surface area contributed by atoms with Crippen molar-refractivity contribution in [3.63, 3.8) is 0 Å². The summed E-state index contributed by atoms with van der Waals surface area (Å²) < 4.78 is 10.9.